The number of hydrogen-bond acceptors (Lipinski definition) is 17. The van der Waals surface area contributed by atoms with Crippen LogP contribution in [0, 0.1) is 17.2 Å². The number of aromatic amines is 1. The fraction of sp³-hybridized carbons (Fsp3) is 0.579. The van der Waals surface area contributed by atoms with Crippen LogP contribution in [0.15, 0.2) is 30.5 Å². The Hall–Kier alpha value is -6.04. The topological polar surface area (TPSA) is 561 Å². The molecule has 28 N–H and O–H groups in total. The summed E-state index contributed by atoms with van der Waals surface area (Å²) in [5, 5.41) is 84.2. The SMILES string of the molecule is CC(C)CC(N)C(=O)O.CC(O)C(N)C(=O)O.CCC(C)C(N)C(=O)O.N=C(N)NCCCC(N)C(=O)O.NC(CO)C(=O)O.NC(Cc1c[nH]c2ccccc12)C(=O)O.NCC(=O)O. The number of rotatable bonds is 19. The first-order valence-corrected chi connectivity index (χ1v) is 19.6. The smallest absolute Gasteiger partial charge is 0.323 e. The molecule has 2 aromatic rings. The van der Waals surface area contributed by atoms with Gasteiger partial charge in [-0.3, -0.25) is 39.0 Å². The molecule has 0 aliphatic carbocycles. The monoisotopic (exact) mass is 940 g/mol. The van der Waals surface area contributed by atoms with Gasteiger partial charge in [0.15, 0.2) is 5.96 Å². The van der Waals surface area contributed by atoms with Crippen LogP contribution in [-0.4, -0.2) is 161 Å². The molecule has 1 aromatic carbocycles. The van der Waals surface area contributed by atoms with Crippen molar-refractivity contribution in [1.82, 2.24) is 10.3 Å². The minimum atomic E-state index is -1.18. The summed E-state index contributed by atoms with van der Waals surface area (Å²) in [6.07, 6.45) is 3.52. The summed E-state index contributed by atoms with van der Waals surface area (Å²) in [4.78, 5) is 73.0. The number of nitrogens with two attached hydrogens (primary N) is 8. The van der Waals surface area contributed by atoms with E-state index in [4.69, 9.17) is 91.5 Å². The van der Waals surface area contributed by atoms with Gasteiger partial charge in [-0.2, -0.15) is 0 Å². The highest BCUT2D eigenvalue weighted by Crippen LogP contribution is 2.18. The third kappa shape index (κ3) is 40.5. The molecule has 0 radical (unpaired) electrons. The lowest BCUT2D eigenvalue weighted by molar-refractivity contribution is -0.141. The number of aliphatic hydroxyl groups excluding tert-OH is 2. The number of aliphatic carboxylic acids is 7. The normalized spacial score (nSPS) is 13.6. The second kappa shape index (κ2) is 39.5. The van der Waals surface area contributed by atoms with Crippen molar-refractivity contribution < 1.29 is 79.5 Å². The van der Waals surface area contributed by atoms with Gasteiger partial charge in [0.1, 0.15) is 36.3 Å². The molecular formula is C38H73N11O16. The number of aromatic nitrogens is 1. The predicted molar refractivity (Wildman–Crippen MR) is 239 cm³/mol. The van der Waals surface area contributed by atoms with Crippen LogP contribution in [-0.2, 0) is 40.0 Å². The van der Waals surface area contributed by atoms with E-state index in [1.54, 1.807) is 0 Å². The third-order valence-electron chi connectivity index (χ3n) is 7.83. The van der Waals surface area contributed by atoms with Crippen molar-refractivity contribution in [2.45, 2.75) is 109 Å². The van der Waals surface area contributed by atoms with Gasteiger partial charge in [0.2, 0.25) is 0 Å². The van der Waals surface area contributed by atoms with Crippen LogP contribution in [0.5, 0.6) is 0 Å². The van der Waals surface area contributed by atoms with Crippen LogP contribution in [0.25, 0.3) is 10.9 Å². The maximum atomic E-state index is 10.6. The number of H-pyrrole nitrogens is 1. The Balaban J connectivity index is -0.000000221. The Morgan fingerprint density at radius 1 is 0.708 bits per heavy atom. The lowest BCUT2D eigenvalue weighted by Crippen LogP contribution is -2.39. The molecule has 0 fully saturated rings. The van der Waals surface area contributed by atoms with E-state index in [-0.39, 0.29) is 18.4 Å². The number of para-hydroxylation sites is 1. The van der Waals surface area contributed by atoms with Crippen molar-refractivity contribution in [3.8, 4) is 0 Å². The predicted octanol–water partition coefficient (Wildman–Crippen LogP) is -3.13. The second-order valence-corrected chi connectivity index (χ2v) is 14.1. The standard InChI is InChI=1S/C11H12N2O2.C6H14N4O2.2C6H13NO2.C4H9NO3.C3H7NO3.C2H5NO2/c12-9(11(14)15)5-7-6-13-10-4-2-1-3-8(7)10;7-4(5(11)12)2-1-3-10-6(8)9;1-4(2)3-5(7)6(8)9;1-3-4(2)5(7)6(8)9;1-2(6)3(5)4(7)8;4-2(1-5)3(6)7;3-1-2(4)5/h1-4,6,9,13H,5,12H2,(H,14,15);4H,1-3,7H2,(H,11,12)(H4,8,9,10);2*4-5H,3,7H2,1-2H3,(H,8,9);2-3,6H,5H2,1H3,(H,7,8);2,5H,1,4H2,(H,6,7);1,3H2,(H,4,5). The van der Waals surface area contributed by atoms with Gasteiger partial charge >= 0.3 is 41.8 Å². The molecule has 0 saturated heterocycles. The first kappa shape index (κ1) is 68.0. The van der Waals surface area contributed by atoms with Gasteiger partial charge < -0.3 is 102 Å². The van der Waals surface area contributed by atoms with E-state index in [1.165, 1.54) is 6.92 Å². The largest absolute Gasteiger partial charge is 0.480 e. The van der Waals surface area contributed by atoms with E-state index in [2.05, 4.69) is 16.0 Å². The molecule has 1 aromatic heterocycles. The summed E-state index contributed by atoms with van der Waals surface area (Å²) in [5.74, 6) is -6.81. The van der Waals surface area contributed by atoms with Gasteiger partial charge in [0.05, 0.1) is 19.3 Å². The Labute approximate surface area is 376 Å². The van der Waals surface area contributed by atoms with Crippen LogP contribution in [0.3, 0.4) is 0 Å². The van der Waals surface area contributed by atoms with E-state index < -0.39 is 90.7 Å². The lowest BCUT2D eigenvalue weighted by atomic mass is 10.0. The van der Waals surface area contributed by atoms with Crippen LogP contribution in [0.2, 0.25) is 0 Å². The zero-order valence-corrected chi connectivity index (χ0v) is 37.2. The van der Waals surface area contributed by atoms with Gasteiger partial charge in [-0.25, -0.2) is 0 Å². The highest BCUT2D eigenvalue weighted by Gasteiger charge is 2.18. The number of carboxylic acids is 7. The summed E-state index contributed by atoms with van der Waals surface area (Å²) in [6, 6.07) is 2.42. The molecular weight excluding hydrogens is 866 g/mol. The lowest BCUT2D eigenvalue weighted by Gasteiger charge is -2.11. The molecule has 0 bridgehead atoms. The Morgan fingerprint density at radius 2 is 1.15 bits per heavy atom. The van der Waals surface area contributed by atoms with Crippen molar-refractivity contribution in [1.29, 1.82) is 5.41 Å². The number of carboxylic acid groups (broad SMARTS) is 7. The highest BCUT2D eigenvalue weighted by molar-refractivity contribution is 5.84. The minimum absolute atomic E-state index is 0.0718. The average molecular weight is 940 g/mol. The molecule has 0 saturated carbocycles. The maximum absolute atomic E-state index is 10.6. The molecule has 8 atom stereocenters. The molecule has 27 nitrogen and oxygen atoms in total. The molecule has 0 spiro atoms. The second-order valence-electron chi connectivity index (χ2n) is 14.1. The van der Waals surface area contributed by atoms with Crippen LogP contribution in [0.4, 0.5) is 0 Å². The number of guanidine groups is 1. The molecule has 27 heteroatoms. The van der Waals surface area contributed by atoms with Gasteiger partial charge in [0.25, 0.3) is 0 Å². The quantitative estimate of drug-likeness (QED) is 0.0376. The van der Waals surface area contributed by atoms with E-state index in [9.17, 15) is 33.6 Å². The van der Waals surface area contributed by atoms with Crippen molar-refractivity contribution in [2.24, 2.45) is 57.7 Å². The molecule has 8 unspecified atom stereocenters. The first-order chi connectivity index (χ1) is 29.9. The number of hydrogen-bond donors (Lipinski definition) is 20. The van der Waals surface area contributed by atoms with Crippen LogP contribution >= 0.6 is 0 Å². The van der Waals surface area contributed by atoms with Crippen LogP contribution in [0.1, 0.15) is 65.9 Å². The number of carbonyl (C=O) groups is 7. The highest BCUT2D eigenvalue weighted by atomic mass is 16.4. The van der Waals surface area contributed by atoms with E-state index in [0.29, 0.717) is 38.1 Å². The maximum Gasteiger partial charge on any atom is 0.323 e. The van der Waals surface area contributed by atoms with Crippen molar-refractivity contribution in [2.75, 3.05) is 19.7 Å². The number of benzene rings is 1. The van der Waals surface area contributed by atoms with Crippen LogP contribution < -0.4 is 51.2 Å². The molecule has 2 rings (SSSR count). The fourth-order valence-corrected chi connectivity index (χ4v) is 3.68. The van der Waals surface area contributed by atoms with Crippen molar-refractivity contribution in [3.05, 3.63) is 36.0 Å². The molecule has 0 aliphatic heterocycles. The molecule has 376 valence electrons. The molecule has 1 heterocycles. The minimum Gasteiger partial charge on any atom is -0.480 e. The van der Waals surface area contributed by atoms with Gasteiger partial charge in [-0.15, -0.1) is 0 Å². The van der Waals surface area contributed by atoms with E-state index in [0.717, 1.165) is 22.9 Å². The summed E-state index contributed by atoms with van der Waals surface area (Å²) in [5.41, 5.74) is 42.4. The number of nitrogens with one attached hydrogen (secondary N) is 3. The molecule has 0 aliphatic rings. The van der Waals surface area contributed by atoms with Gasteiger partial charge in [-0.1, -0.05) is 52.3 Å². The zero-order valence-electron chi connectivity index (χ0n) is 37.2. The average Bonchev–Trinajstić information content (AvgIpc) is 3.64. The van der Waals surface area contributed by atoms with E-state index in [1.807, 2.05) is 58.2 Å². The third-order valence-corrected chi connectivity index (χ3v) is 7.83. The zero-order chi connectivity index (χ0) is 52.2. The Kier molecular flexibility index (Phi) is 41.4. The summed E-state index contributed by atoms with van der Waals surface area (Å²) in [6.45, 7) is 8.68. The number of fused-ring (bicyclic) bond motifs is 1. The summed E-state index contributed by atoms with van der Waals surface area (Å²) >= 11 is 0. The Bertz CT molecular complexity index is 1680. The molecule has 0 amide bonds. The number of aliphatic hydroxyl groups is 2. The van der Waals surface area contributed by atoms with Gasteiger partial charge in [-0.05, 0) is 49.7 Å². The van der Waals surface area contributed by atoms with Crippen molar-refractivity contribution >= 4 is 58.6 Å². The van der Waals surface area contributed by atoms with Gasteiger partial charge in [0, 0.05) is 30.1 Å². The fourth-order valence-electron chi connectivity index (χ4n) is 3.68. The summed E-state index contributed by atoms with van der Waals surface area (Å²) in [7, 11) is 0. The van der Waals surface area contributed by atoms with E-state index >= 15 is 0 Å². The molecule has 65 heavy (non-hydrogen) atoms. The first-order valence-electron chi connectivity index (χ1n) is 19.6. The summed E-state index contributed by atoms with van der Waals surface area (Å²) < 4.78 is 0. The van der Waals surface area contributed by atoms with Crippen molar-refractivity contribution in [3.63, 3.8) is 0 Å². The Morgan fingerprint density at radius 3 is 1.43 bits per heavy atom.